The van der Waals surface area contributed by atoms with Crippen LogP contribution in [0, 0.1) is 0 Å². The lowest BCUT2D eigenvalue weighted by Gasteiger charge is -2.62. The van der Waals surface area contributed by atoms with Crippen LogP contribution >= 0.6 is 0 Å². The Morgan fingerprint density at radius 1 is 1.29 bits per heavy atom. The topological polar surface area (TPSA) is 82.5 Å². The van der Waals surface area contributed by atoms with Gasteiger partial charge in [0, 0.05) is 24.7 Å². The molecule has 1 spiro atoms. The van der Waals surface area contributed by atoms with Crippen LogP contribution in [-0.4, -0.2) is 76.7 Å². The van der Waals surface area contributed by atoms with E-state index in [0.29, 0.717) is 24.2 Å². The summed E-state index contributed by atoms with van der Waals surface area (Å²) in [5, 5.41) is 22.8. The Morgan fingerprint density at radius 3 is 2.84 bits per heavy atom. The molecule has 0 saturated carbocycles. The molecule has 2 aliphatic heterocycles. The fourth-order valence-electron chi connectivity index (χ4n) is 6.86. The van der Waals surface area contributed by atoms with Gasteiger partial charge in [0.25, 0.3) is 0 Å². The van der Waals surface area contributed by atoms with Crippen LogP contribution in [0.15, 0.2) is 54.6 Å². The molecule has 7 nitrogen and oxygen atoms in total. The molecule has 2 N–H and O–H groups in total. The minimum absolute atomic E-state index is 0.000774. The number of amides is 1. The summed E-state index contributed by atoms with van der Waals surface area (Å²) in [7, 11) is 3.61. The van der Waals surface area contributed by atoms with Gasteiger partial charge >= 0.3 is 6.36 Å². The summed E-state index contributed by atoms with van der Waals surface area (Å²) in [5.74, 6) is -0.412. The van der Waals surface area contributed by atoms with Crippen molar-refractivity contribution in [2.75, 3.05) is 20.6 Å². The lowest BCUT2D eigenvalue weighted by Crippen LogP contribution is -2.76. The van der Waals surface area contributed by atoms with Crippen LogP contribution in [0.25, 0.3) is 6.08 Å². The maximum atomic E-state index is 13.2. The molecule has 0 radical (unpaired) electrons. The van der Waals surface area contributed by atoms with Crippen molar-refractivity contribution < 1.29 is 37.7 Å². The normalized spacial score (nSPS) is 31.2. The van der Waals surface area contributed by atoms with Crippen LogP contribution in [0.3, 0.4) is 0 Å². The second-order valence-corrected chi connectivity index (χ2v) is 10.5. The Hall–Kier alpha value is -3.50. The van der Waals surface area contributed by atoms with Crippen LogP contribution in [0.5, 0.6) is 17.2 Å². The number of nitrogens with zero attached hydrogens (tertiary/aromatic N) is 2. The van der Waals surface area contributed by atoms with Gasteiger partial charge in [-0.2, -0.15) is 0 Å². The molecule has 2 aromatic rings. The highest BCUT2D eigenvalue weighted by atomic mass is 19.4. The van der Waals surface area contributed by atoms with Crippen LogP contribution in [0.4, 0.5) is 13.2 Å². The van der Waals surface area contributed by atoms with Gasteiger partial charge in [-0.15, -0.1) is 13.2 Å². The van der Waals surface area contributed by atoms with Crippen LogP contribution in [0.1, 0.15) is 23.1 Å². The number of hydrogen-bond acceptors (Lipinski definition) is 6. The Kier molecular flexibility index (Phi) is 5.39. The highest BCUT2D eigenvalue weighted by Gasteiger charge is 2.71. The largest absolute Gasteiger partial charge is 0.573 e. The molecule has 0 unspecified atom stereocenters. The average molecular weight is 529 g/mol. The molecule has 1 fully saturated rings. The minimum atomic E-state index is -4.81. The van der Waals surface area contributed by atoms with E-state index >= 15 is 0 Å². The summed E-state index contributed by atoms with van der Waals surface area (Å²) in [5.41, 5.74) is 0.121. The number of halogens is 3. The minimum Gasteiger partial charge on any atom is -0.504 e. The highest BCUT2D eigenvalue weighted by molar-refractivity contribution is 5.92. The van der Waals surface area contributed by atoms with E-state index in [1.165, 1.54) is 35.3 Å². The summed E-state index contributed by atoms with van der Waals surface area (Å²) >= 11 is 0. The highest BCUT2D eigenvalue weighted by Crippen LogP contribution is 2.64. The average Bonchev–Trinajstić information content (AvgIpc) is 3.21. The molecule has 200 valence electrons. The summed E-state index contributed by atoms with van der Waals surface area (Å²) < 4.78 is 48.1. The molecule has 2 bridgehead atoms. The quantitative estimate of drug-likeness (QED) is 0.468. The summed E-state index contributed by atoms with van der Waals surface area (Å²) in [6, 6.07) is 8.10. The number of phenolic OH excluding ortho intramolecular Hbond substituents is 1. The van der Waals surface area contributed by atoms with E-state index in [9.17, 15) is 28.2 Å². The van der Waals surface area contributed by atoms with Crippen LogP contribution in [-0.2, 0) is 16.6 Å². The smallest absolute Gasteiger partial charge is 0.504 e. The predicted molar refractivity (Wildman–Crippen MR) is 132 cm³/mol. The number of aromatic hydroxyl groups is 1. The van der Waals surface area contributed by atoms with E-state index < -0.39 is 35.4 Å². The van der Waals surface area contributed by atoms with Crippen molar-refractivity contribution in [3.8, 4) is 17.2 Å². The molecular weight excluding hydrogens is 501 g/mol. The van der Waals surface area contributed by atoms with Gasteiger partial charge in [0.2, 0.25) is 5.91 Å². The van der Waals surface area contributed by atoms with E-state index in [1.807, 2.05) is 13.1 Å². The molecule has 5 atom stereocenters. The molecule has 6 rings (SSSR count). The predicted octanol–water partition coefficient (Wildman–Crippen LogP) is 3.39. The molecule has 1 saturated heterocycles. The number of rotatable bonds is 4. The fraction of sp³-hybridized carbons (Fsp3) is 0.393. The Bertz CT molecular complexity index is 1370. The number of carbonyl (C=O) groups excluding carboxylic acids is 1. The van der Waals surface area contributed by atoms with Crippen LogP contribution < -0.4 is 9.47 Å². The second kappa shape index (κ2) is 8.25. The zero-order chi connectivity index (χ0) is 27.0. The number of phenols is 1. The first kappa shape index (κ1) is 24.8. The van der Waals surface area contributed by atoms with Gasteiger partial charge in [-0.25, -0.2) is 0 Å². The number of ether oxygens (including phenoxy) is 2. The third-order valence-corrected chi connectivity index (χ3v) is 8.59. The fourth-order valence-corrected chi connectivity index (χ4v) is 6.86. The molecule has 2 heterocycles. The van der Waals surface area contributed by atoms with E-state index in [2.05, 4.69) is 9.64 Å². The maximum Gasteiger partial charge on any atom is 0.573 e. The van der Waals surface area contributed by atoms with Crippen molar-refractivity contribution in [1.82, 2.24) is 9.80 Å². The van der Waals surface area contributed by atoms with Gasteiger partial charge in [-0.3, -0.25) is 9.69 Å². The van der Waals surface area contributed by atoms with E-state index in [4.69, 9.17) is 4.74 Å². The number of piperidine rings is 1. The Labute approximate surface area is 217 Å². The zero-order valence-electron chi connectivity index (χ0n) is 20.8. The lowest BCUT2D eigenvalue weighted by atomic mass is 9.50. The number of carbonyl (C=O) groups is 1. The number of hydrogen-bond donors (Lipinski definition) is 2. The van der Waals surface area contributed by atoms with Gasteiger partial charge in [-0.05, 0) is 61.8 Å². The summed E-state index contributed by atoms with van der Waals surface area (Å²) in [6.07, 6.45) is 2.00. The van der Waals surface area contributed by atoms with Gasteiger partial charge in [0.05, 0.1) is 11.5 Å². The third-order valence-electron chi connectivity index (χ3n) is 8.59. The maximum absolute atomic E-state index is 13.2. The van der Waals surface area contributed by atoms with E-state index in [0.717, 1.165) is 17.7 Å². The first-order valence-corrected chi connectivity index (χ1v) is 12.4. The van der Waals surface area contributed by atoms with Gasteiger partial charge < -0.3 is 24.6 Å². The number of benzene rings is 2. The van der Waals surface area contributed by atoms with Crippen molar-refractivity contribution in [2.24, 2.45) is 0 Å². The Morgan fingerprint density at radius 2 is 2.08 bits per heavy atom. The molecule has 10 heteroatoms. The molecule has 1 amide bonds. The lowest BCUT2D eigenvalue weighted by molar-refractivity contribution is -0.274. The zero-order valence-corrected chi connectivity index (χ0v) is 20.8. The van der Waals surface area contributed by atoms with Gasteiger partial charge in [0.1, 0.15) is 17.5 Å². The Balaban J connectivity index is 1.32. The molecule has 38 heavy (non-hydrogen) atoms. The number of likely N-dealkylation sites (N-methyl/N-ethyl adjacent to an activating group) is 2. The summed E-state index contributed by atoms with van der Waals surface area (Å²) in [4.78, 5) is 16.9. The molecule has 2 aliphatic carbocycles. The SMILES string of the molecule is CN1CC[C@]23c4c5ccc(O)c4O[C@H]2[C@@H](N(C)C(=O)C=Cc2cccc(OC(F)(F)F)c2)C=C[C@@]3(O)[C@H]1C5. The molecule has 4 aliphatic rings. The van der Waals surface area contributed by atoms with Crippen LogP contribution in [0.2, 0.25) is 0 Å². The first-order chi connectivity index (χ1) is 17.9. The monoisotopic (exact) mass is 528 g/mol. The third kappa shape index (κ3) is 3.46. The molecular formula is C28H27F3N2O5. The second-order valence-electron chi connectivity index (χ2n) is 10.5. The van der Waals surface area contributed by atoms with Crippen molar-refractivity contribution in [3.05, 3.63) is 71.3 Å². The van der Waals surface area contributed by atoms with Crippen molar-refractivity contribution in [2.45, 2.75) is 48.4 Å². The molecule has 2 aromatic carbocycles. The number of alkyl halides is 3. The number of likely N-dealkylation sites (tertiary alicyclic amines) is 1. The van der Waals surface area contributed by atoms with Crippen molar-refractivity contribution >= 4 is 12.0 Å². The van der Waals surface area contributed by atoms with Crippen molar-refractivity contribution in [3.63, 3.8) is 0 Å². The van der Waals surface area contributed by atoms with Crippen molar-refractivity contribution in [1.29, 1.82) is 0 Å². The summed E-state index contributed by atoms with van der Waals surface area (Å²) in [6.45, 7) is 0.718. The number of aliphatic hydroxyl groups is 1. The van der Waals surface area contributed by atoms with Gasteiger partial charge in [0.15, 0.2) is 11.5 Å². The van der Waals surface area contributed by atoms with E-state index in [1.54, 1.807) is 31.3 Å². The molecule has 0 aromatic heterocycles. The van der Waals surface area contributed by atoms with Gasteiger partial charge in [-0.1, -0.05) is 30.4 Å². The standard InChI is InChI=1S/C28H27F3N2O5/c1-32-13-12-26-23-17-7-8-20(34)24(23)37-25(26)19(10-11-27(26,36)21(32)15-17)33(2)22(35)9-6-16-4-3-5-18(14-16)38-28(29,30)31/h3-11,14,19,21,25,34,36H,12-13,15H2,1-2H3/t19-,21+,25-,26-,27+/m0/s1. The van der Waals surface area contributed by atoms with E-state index in [-0.39, 0.29) is 17.5 Å². The first-order valence-electron chi connectivity index (χ1n) is 12.4.